The van der Waals surface area contributed by atoms with E-state index >= 15 is 0 Å². The molecule has 2 heterocycles. The van der Waals surface area contributed by atoms with Gasteiger partial charge in [0.1, 0.15) is 19.0 Å². The van der Waals surface area contributed by atoms with Gasteiger partial charge in [-0.2, -0.15) is 0 Å². The molecule has 2 aliphatic heterocycles. The topological polar surface area (TPSA) is 12.2 Å². The molecule has 0 saturated carbocycles. The van der Waals surface area contributed by atoms with E-state index in [0.717, 1.165) is 23.7 Å². The van der Waals surface area contributed by atoms with E-state index < -0.39 is 0 Å². The van der Waals surface area contributed by atoms with Gasteiger partial charge in [0.05, 0.1) is 5.56 Å². The molecule has 16 heavy (non-hydrogen) atoms. The van der Waals surface area contributed by atoms with Crippen LogP contribution in [0.15, 0.2) is 18.2 Å². The van der Waals surface area contributed by atoms with E-state index in [1.54, 1.807) is 0 Å². The van der Waals surface area contributed by atoms with E-state index in [0.29, 0.717) is 12.0 Å². The summed E-state index contributed by atoms with van der Waals surface area (Å²) in [5.41, 5.74) is 1.23. The Balaban J connectivity index is 2.07. The molecule has 2 aliphatic rings. The molecule has 0 aliphatic carbocycles. The van der Waals surface area contributed by atoms with E-state index in [9.17, 15) is 0 Å². The largest absolute Gasteiger partial charge is 0.482 e. The van der Waals surface area contributed by atoms with Crippen LogP contribution in [-0.2, 0) is 0 Å². The van der Waals surface area contributed by atoms with Gasteiger partial charge in [0.2, 0.25) is 6.04 Å². The Morgan fingerprint density at radius 1 is 1.50 bits per heavy atom. The fraction of sp³-hybridized carbons (Fsp3) is 0.462. The third kappa shape index (κ3) is 1.36. The zero-order valence-corrected chi connectivity index (χ0v) is 10.1. The van der Waals surface area contributed by atoms with Crippen LogP contribution in [0.25, 0.3) is 0 Å². The quantitative estimate of drug-likeness (QED) is 0.631. The van der Waals surface area contributed by atoms with Gasteiger partial charge in [-0.1, -0.05) is 18.5 Å². The minimum atomic E-state index is 0.236. The first-order chi connectivity index (χ1) is 7.66. The number of nitrogens with zero attached hydrogens (tertiary/aromatic N) is 1. The molecule has 1 aromatic rings. The lowest BCUT2D eigenvalue weighted by molar-refractivity contribution is -0.585. The summed E-state index contributed by atoms with van der Waals surface area (Å²) in [6, 6.07) is 6.21. The molecular formula is C13H15ClNO+. The second-order valence-electron chi connectivity index (χ2n) is 4.79. The molecule has 84 valence electrons. The van der Waals surface area contributed by atoms with E-state index in [2.05, 4.69) is 24.3 Å². The Morgan fingerprint density at radius 3 is 3.12 bits per heavy atom. The van der Waals surface area contributed by atoms with Crippen molar-refractivity contribution in [3.05, 3.63) is 28.8 Å². The summed E-state index contributed by atoms with van der Waals surface area (Å²) < 4.78 is 8.15. The average Bonchev–Trinajstić information content (AvgIpc) is 2.63. The molecule has 0 unspecified atom stereocenters. The van der Waals surface area contributed by atoms with Crippen molar-refractivity contribution in [1.29, 1.82) is 0 Å². The van der Waals surface area contributed by atoms with Crippen LogP contribution >= 0.6 is 11.6 Å². The van der Waals surface area contributed by atoms with Gasteiger partial charge in [-0.25, -0.2) is 4.58 Å². The zero-order valence-electron chi connectivity index (χ0n) is 9.32. The Kier molecular flexibility index (Phi) is 2.21. The van der Waals surface area contributed by atoms with Gasteiger partial charge in [-0.15, -0.1) is 0 Å². The molecule has 3 atom stereocenters. The van der Waals surface area contributed by atoms with Crippen LogP contribution in [0.5, 0.6) is 5.75 Å². The molecule has 0 spiro atoms. The Hall–Kier alpha value is -1.02. The van der Waals surface area contributed by atoms with E-state index in [4.69, 9.17) is 16.3 Å². The van der Waals surface area contributed by atoms with E-state index in [-0.39, 0.29) is 6.10 Å². The highest BCUT2D eigenvalue weighted by Crippen LogP contribution is 2.45. The molecule has 3 rings (SSSR count). The summed E-state index contributed by atoms with van der Waals surface area (Å²) in [5, 5.41) is 0.737. The minimum absolute atomic E-state index is 0.236. The van der Waals surface area contributed by atoms with Gasteiger partial charge in [0.15, 0.2) is 6.10 Å². The number of benzene rings is 1. The maximum absolute atomic E-state index is 6.01. The standard InChI is InChI=1S/C13H15ClNO/c1-8-5-6-15(2)12-10-4-3-9(14)7-11(10)16-13(8)12/h3-4,7-8,12-13H,2,5-6H2,1H3/q+1/t8-,12-,13-/m0/s1. The number of ether oxygens (including phenoxy) is 1. The first-order valence-electron chi connectivity index (χ1n) is 5.70. The lowest BCUT2D eigenvalue weighted by atomic mass is 9.88. The van der Waals surface area contributed by atoms with Crippen molar-refractivity contribution in [2.45, 2.75) is 25.5 Å². The number of hydrogen-bond acceptors (Lipinski definition) is 1. The number of fused-ring (bicyclic) bond motifs is 3. The first-order valence-corrected chi connectivity index (χ1v) is 6.08. The molecule has 1 saturated heterocycles. The molecule has 3 heteroatoms. The summed E-state index contributed by atoms with van der Waals surface area (Å²) in [5.74, 6) is 1.51. The van der Waals surface area contributed by atoms with E-state index in [1.807, 2.05) is 12.1 Å². The van der Waals surface area contributed by atoms with Crippen molar-refractivity contribution in [1.82, 2.24) is 0 Å². The van der Waals surface area contributed by atoms with E-state index in [1.165, 1.54) is 5.56 Å². The monoisotopic (exact) mass is 236 g/mol. The lowest BCUT2D eigenvalue weighted by Gasteiger charge is -2.27. The van der Waals surface area contributed by atoms with Gasteiger partial charge in [0, 0.05) is 17.4 Å². The maximum atomic E-state index is 6.01. The first kappa shape index (κ1) is 10.2. The Labute approximate surface area is 100 Å². The van der Waals surface area contributed by atoms with Crippen molar-refractivity contribution in [2.24, 2.45) is 5.92 Å². The van der Waals surface area contributed by atoms with Crippen molar-refractivity contribution >= 4 is 18.3 Å². The Morgan fingerprint density at radius 2 is 2.31 bits per heavy atom. The second kappa shape index (κ2) is 3.49. The molecular weight excluding hydrogens is 222 g/mol. The maximum Gasteiger partial charge on any atom is 0.217 e. The van der Waals surface area contributed by atoms with Crippen molar-refractivity contribution in [3.8, 4) is 5.75 Å². The van der Waals surface area contributed by atoms with Gasteiger partial charge in [-0.05, 0) is 18.2 Å². The Bertz CT molecular complexity index is 457. The highest BCUT2D eigenvalue weighted by Gasteiger charge is 2.47. The van der Waals surface area contributed by atoms with Crippen molar-refractivity contribution in [2.75, 3.05) is 6.54 Å². The fourth-order valence-corrected chi connectivity index (χ4v) is 2.91. The van der Waals surface area contributed by atoms with Gasteiger partial charge in [0.25, 0.3) is 0 Å². The molecule has 2 nitrogen and oxygen atoms in total. The van der Waals surface area contributed by atoms with Crippen LogP contribution in [0.2, 0.25) is 5.02 Å². The number of rotatable bonds is 0. The van der Waals surface area contributed by atoms with Gasteiger partial charge in [-0.3, -0.25) is 0 Å². The molecule has 0 bridgehead atoms. The van der Waals surface area contributed by atoms with Crippen LogP contribution in [0.4, 0.5) is 0 Å². The van der Waals surface area contributed by atoms with Crippen molar-refractivity contribution < 1.29 is 9.31 Å². The number of hydrogen-bond donors (Lipinski definition) is 0. The molecule has 1 aromatic carbocycles. The summed E-state index contributed by atoms with van der Waals surface area (Å²) in [7, 11) is 0. The highest BCUT2D eigenvalue weighted by atomic mass is 35.5. The molecule has 0 radical (unpaired) electrons. The average molecular weight is 237 g/mol. The van der Waals surface area contributed by atoms with Gasteiger partial charge < -0.3 is 4.74 Å². The third-order valence-electron chi connectivity index (χ3n) is 3.69. The summed E-state index contributed by atoms with van der Waals surface area (Å²) in [6.45, 7) is 7.40. The highest BCUT2D eigenvalue weighted by molar-refractivity contribution is 6.30. The van der Waals surface area contributed by atoms with Crippen LogP contribution < -0.4 is 4.74 Å². The molecule has 0 amide bonds. The van der Waals surface area contributed by atoms with Crippen LogP contribution in [0, 0.1) is 5.92 Å². The molecule has 0 aromatic heterocycles. The van der Waals surface area contributed by atoms with Crippen molar-refractivity contribution in [3.63, 3.8) is 0 Å². The van der Waals surface area contributed by atoms with Gasteiger partial charge >= 0.3 is 0 Å². The smallest absolute Gasteiger partial charge is 0.217 e. The zero-order chi connectivity index (χ0) is 11.3. The third-order valence-corrected chi connectivity index (χ3v) is 3.93. The normalized spacial score (nSPS) is 31.9. The SMILES string of the molecule is C=[N+]1CC[C@H](C)[C@@H]2Oc3cc(Cl)ccc3[C@@H]21. The lowest BCUT2D eigenvalue weighted by Crippen LogP contribution is -2.39. The summed E-state index contributed by atoms with van der Waals surface area (Å²) in [4.78, 5) is 0. The number of piperidine rings is 1. The van der Waals surface area contributed by atoms with Crippen LogP contribution in [0.1, 0.15) is 24.9 Å². The second-order valence-corrected chi connectivity index (χ2v) is 5.22. The molecule has 0 N–H and O–H groups in total. The summed E-state index contributed by atoms with van der Waals surface area (Å²) in [6.07, 6.45) is 1.38. The van der Waals surface area contributed by atoms with Crippen LogP contribution in [0.3, 0.4) is 0 Å². The number of halogens is 1. The molecule has 1 fully saturated rings. The fourth-order valence-electron chi connectivity index (χ4n) is 2.75. The summed E-state index contributed by atoms with van der Waals surface area (Å²) >= 11 is 5.98. The van der Waals surface area contributed by atoms with Crippen LogP contribution in [-0.4, -0.2) is 23.9 Å². The predicted molar refractivity (Wildman–Crippen MR) is 64.6 cm³/mol. The predicted octanol–water partition coefficient (Wildman–Crippen LogP) is 2.90. The minimum Gasteiger partial charge on any atom is -0.482 e.